The normalized spacial score (nSPS) is 15.3. The van der Waals surface area contributed by atoms with Gasteiger partial charge in [-0.05, 0) is 138 Å². The SMILES string of the molecule is Cc1ccc(N2c3cc4c(cc3B3c5sc6c(c5N(c5ccccc5)c5cccc2c53)-c2ccccc2C62c3ccccc3-c3ccccc32)-c2ccccc2C42c3ccccc3-c3ccccc32)cc1. The van der Waals surface area contributed by atoms with Gasteiger partial charge in [-0.25, -0.2) is 0 Å². The molecule has 1 aromatic heterocycles. The lowest BCUT2D eigenvalue weighted by Gasteiger charge is -2.44. The Hall–Kier alpha value is -8.44. The van der Waals surface area contributed by atoms with Gasteiger partial charge in [0.2, 0.25) is 0 Å². The first-order valence-corrected chi connectivity index (χ1v) is 25.8. The Morgan fingerprint density at radius 2 is 0.817 bits per heavy atom. The average molecular weight is 917 g/mol. The van der Waals surface area contributed by atoms with Crippen LogP contribution in [-0.4, -0.2) is 6.71 Å². The Bertz CT molecular complexity index is 4070. The maximum Gasteiger partial charge on any atom is 0.264 e. The third-order valence-electron chi connectivity index (χ3n) is 17.1. The van der Waals surface area contributed by atoms with E-state index in [2.05, 4.69) is 259 Å². The van der Waals surface area contributed by atoms with Crippen molar-refractivity contribution in [1.29, 1.82) is 0 Å². The summed E-state index contributed by atoms with van der Waals surface area (Å²) in [5.74, 6) is 0. The van der Waals surface area contributed by atoms with Gasteiger partial charge in [-0.2, -0.15) is 0 Å². The van der Waals surface area contributed by atoms with Gasteiger partial charge in [-0.3, -0.25) is 0 Å². The maximum atomic E-state index is 2.64. The fraction of sp³-hybridized carbons (Fsp3) is 0.0448. The van der Waals surface area contributed by atoms with Gasteiger partial charge in [0.05, 0.1) is 16.5 Å². The van der Waals surface area contributed by atoms with Gasteiger partial charge in [0.25, 0.3) is 6.71 Å². The van der Waals surface area contributed by atoms with E-state index in [1.807, 2.05) is 0 Å². The van der Waals surface area contributed by atoms with Crippen LogP contribution in [0, 0.1) is 6.92 Å². The first-order chi connectivity index (χ1) is 35.2. The van der Waals surface area contributed by atoms with Crippen LogP contribution in [0.2, 0.25) is 0 Å². The van der Waals surface area contributed by atoms with E-state index in [9.17, 15) is 0 Å². The number of hydrogen-bond donors (Lipinski definition) is 0. The molecule has 4 aliphatic carbocycles. The maximum absolute atomic E-state index is 2.64. The van der Waals surface area contributed by atoms with E-state index in [1.165, 1.54) is 144 Å². The number of rotatable bonds is 2. The Balaban J connectivity index is 1.02. The zero-order chi connectivity index (χ0) is 46.3. The van der Waals surface area contributed by atoms with Gasteiger partial charge in [0.1, 0.15) is 0 Å². The van der Waals surface area contributed by atoms with Crippen molar-refractivity contribution >= 4 is 67.9 Å². The summed E-state index contributed by atoms with van der Waals surface area (Å²) < 4.78 is 1.40. The second-order valence-electron chi connectivity index (χ2n) is 20.2. The summed E-state index contributed by atoms with van der Waals surface area (Å²) in [5, 5.41) is 0. The molecule has 0 saturated heterocycles. The molecule has 2 spiro atoms. The highest BCUT2D eigenvalue weighted by atomic mass is 32.1. The predicted molar refractivity (Wildman–Crippen MR) is 296 cm³/mol. The number of fused-ring (bicyclic) bond motifs is 25. The van der Waals surface area contributed by atoms with E-state index in [0.29, 0.717) is 0 Å². The Morgan fingerprint density at radius 1 is 0.366 bits per heavy atom. The lowest BCUT2D eigenvalue weighted by molar-refractivity contribution is 0.794. The van der Waals surface area contributed by atoms with Gasteiger partial charge in [-0.1, -0.05) is 194 Å². The van der Waals surface area contributed by atoms with Crippen LogP contribution < -0.4 is 25.5 Å². The number of aryl methyl sites for hydroxylation is 1. The number of para-hydroxylation sites is 1. The third kappa shape index (κ3) is 4.45. The minimum Gasteiger partial charge on any atom is -0.311 e. The van der Waals surface area contributed by atoms with Gasteiger partial charge in [0.15, 0.2) is 0 Å². The molecule has 0 atom stereocenters. The minimum absolute atomic E-state index is 0.0447. The van der Waals surface area contributed by atoms with Crippen LogP contribution in [0.15, 0.2) is 231 Å². The van der Waals surface area contributed by atoms with Gasteiger partial charge in [0, 0.05) is 43.7 Å². The topological polar surface area (TPSA) is 6.48 Å². The van der Waals surface area contributed by atoms with E-state index in [4.69, 9.17) is 0 Å². The summed E-state index contributed by atoms with van der Waals surface area (Å²) in [4.78, 5) is 6.65. The summed E-state index contributed by atoms with van der Waals surface area (Å²) >= 11 is 2.06. The van der Waals surface area contributed by atoms with E-state index in [0.717, 1.165) is 0 Å². The summed E-state index contributed by atoms with van der Waals surface area (Å²) in [7, 11) is 0. The Labute approximate surface area is 417 Å². The smallest absolute Gasteiger partial charge is 0.264 e. The van der Waals surface area contributed by atoms with Crippen LogP contribution in [0.1, 0.15) is 49.4 Å². The first-order valence-electron chi connectivity index (χ1n) is 25.0. The molecule has 71 heavy (non-hydrogen) atoms. The third-order valence-corrected chi connectivity index (χ3v) is 18.5. The van der Waals surface area contributed by atoms with Crippen LogP contribution in [0.3, 0.4) is 0 Å². The molecule has 6 aliphatic rings. The zero-order valence-corrected chi connectivity index (χ0v) is 39.6. The summed E-state index contributed by atoms with van der Waals surface area (Å²) in [6.07, 6.45) is 0. The summed E-state index contributed by atoms with van der Waals surface area (Å²) in [6, 6.07) is 88.2. The molecule has 2 aliphatic heterocycles. The van der Waals surface area contributed by atoms with Gasteiger partial charge in [-0.15, -0.1) is 11.3 Å². The first kappa shape index (κ1) is 38.4. The van der Waals surface area contributed by atoms with E-state index in [-0.39, 0.29) is 6.71 Å². The van der Waals surface area contributed by atoms with Crippen LogP contribution in [-0.2, 0) is 10.8 Å². The molecule has 4 heteroatoms. The number of benzene rings is 10. The molecule has 0 amide bonds. The van der Waals surface area contributed by atoms with E-state index >= 15 is 0 Å². The molecular weight excluding hydrogens is 876 g/mol. The van der Waals surface area contributed by atoms with E-state index in [1.54, 1.807) is 0 Å². The number of hydrogen-bond acceptors (Lipinski definition) is 3. The van der Waals surface area contributed by atoms with Crippen molar-refractivity contribution in [3.8, 4) is 44.5 Å². The van der Waals surface area contributed by atoms with Crippen LogP contribution in [0.25, 0.3) is 44.5 Å². The highest BCUT2D eigenvalue weighted by Crippen LogP contribution is 2.68. The molecule has 17 rings (SSSR count). The van der Waals surface area contributed by atoms with E-state index < -0.39 is 10.8 Å². The lowest BCUT2D eigenvalue weighted by Crippen LogP contribution is -2.60. The molecular formula is C67H41BN2S. The molecule has 3 heterocycles. The molecule has 328 valence electrons. The van der Waals surface area contributed by atoms with Crippen molar-refractivity contribution < 1.29 is 0 Å². The van der Waals surface area contributed by atoms with Crippen LogP contribution >= 0.6 is 11.3 Å². The van der Waals surface area contributed by atoms with Crippen molar-refractivity contribution in [1.82, 2.24) is 0 Å². The summed E-state index contributed by atoms with van der Waals surface area (Å²) in [5.41, 5.74) is 30.6. The molecule has 0 N–H and O–H groups in total. The molecule has 10 aromatic carbocycles. The Morgan fingerprint density at radius 3 is 1.38 bits per heavy atom. The molecule has 0 unspecified atom stereocenters. The van der Waals surface area contributed by atoms with Crippen molar-refractivity contribution in [3.63, 3.8) is 0 Å². The number of thiophene rings is 1. The van der Waals surface area contributed by atoms with Crippen molar-refractivity contribution in [2.24, 2.45) is 0 Å². The lowest BCUT2D eigenvalue weighted by atomic mass is 9.36. The standard InChI is InChI=1S/C67H41BN2S/c1-40-34-36-42(37-35-40)69-58-32-17-33-59-62(58)68(57-38-49-47-24-9-13-28-52(47)66(56(49)39-60(57)69)50-26-11-5-20-43(50)44-21-6-12-27-51(44)66)65-63(70(59)41-18-3-2-4-19-41)61-48-25-10-16-31-55(48)67(64(61)71-65)53-29-14-7-22-45(53)46-23-8-15-30-54(46)67/h2-39H,1H3. The fourth-order valence-electron chi connectivity index (χ4n) is 14.6. The quantitative estimate of drug-likeness (QED) is 0.159. The highest BCUT2D eigenvalue weighted by molar-refractivity contribution is 7.30. The fourth-order valence-corrected chi connectivity index (χ4v) is 16.2. The van der Waals surface area contributed by atoms with Crippen molar-refractivity contribution in [2.75, 3.05) is 9.80 Å². The van der Waals surface area contributed by atoms with Gasteiger partial charge >= 0.3 is 0 Å². The van der Waals surface area contributed by atoms with Crippen molar-refractivity contribution in [2.45, 2.75) is 17.8 Å². The van der Waals surface area contributed by atoms with Crippen LogP contribution in [0.5, 0.6) is 0 Å². The largest absolute Gasteiger partial charge is 0.311 e. The minimum atomic E-state index is -0.472. The second-order valence-corrected chi connectivity index (χ2v) is 21.3. The molecule has 0 fully saturated rings. The average Bonchev–Trinajstić information content (AvgIpc) is 4.20. The van der Waals surface area contributed by atoms with Crippen molar-refractivity contribution in [3.05, 3.63) is 280 Å². The van der Waals surface area contributed by atoms with Crippen LogP contribution in [0.4, 0.5) is 34.1 Å². The number of anilines is 6. The number of nitrogens with zero attached hydrogens (tertiary/aromatic N) is 2. The molecule has 0 saturated carbocycles. The zero-order valence-electron chi connectivity index (χ0n) is 38.8. The Kier molecular flexibility index (Phi) is 7.28. The predicted octanol–water partition coefficient (Wildman–Crippen LogP) is 14.8. The molecule has 11 aromatic rings. The second kappa shape index (κ2) is 13.5. The summed E-state index contributed by atoms with van der Waals surface area (Å²) in [6.45, 7) is 2.15. The monoisotopic (exact) mass is 916 g/mol. The van der Waals surface area contributed by atoms with Gasteiger partial charge < -0.3 is 9.80 Å². The molecule has 2 nitrogen and oxygen atoms in total. The molecule has 0 radical (unpaired) electrons. The molecule has 0 bridgehead atoms. The highest BCUT2D eigenvalue weighted by Gasteiger charge is 2.58.